The summed E-state index contributed by atoms with van der Waals surface area (Å²) in [6.45, 7) is 1.85. The van der Waals surface area contributed by atoms with Gasteiger partial charge in [-0.2, -0.15) is 0 Å². The van der Waals surface area contributed by atoms with Crippen molar-refractivity contribution in [3.8, 4) is 22.8 Å². The number of aromatic nitrogens is 1. The van der Waals surface area contributed by atoms with Crippen LogP contribution in [-0.2, 0) is 0 Å². The summed E-state index contributed by atoms with van der Waals surface area (Å²) in [7, 11) is 0. The van der Waals surface area contributed by atoms with Crippen LogP contribution in [-0.4, -0.2) is 10.9 Å². The fourth-order valence-corrected chi connectivity index (χ4v) is 2.87. The summed E-state index contributed by atoms with van der Waals surface area (Å²) in [6, 6.07) is 16.7. The van der Waals surface area contributed by atoms with Crippen LogP contribution in [0.5, 0.6) is 11.5 Å². The van der Waals surface area contributed by atoms with Crippen molar-refractivity contribution in [2.75, 3.05) is 0 Å². The highest BCUT2D eigenvalue weighted by atomic mass is 16.5. The maximum atomic E-state index is 11.4. The molecule has 2 aromatic carbocycles. The largest absolute Gasteiger partial charge is 0.464 e. The van der Waals surface area contributed by atoms with Crippen LogP contribution in [0.4, 0.5) is 0 Å². The Morgan fingerprint density at radius 3 is 2.69 bits per heavy atom. The maximum absolute atomic E-state index is 11.4. The Hall–Kier alpha value is -3.60. The molecule has 0 aliphatic heterocycles. The first-order valence-corrected chi connectivity index (χ1v) is 8.12. The van der Waals surface area contributed by atoms with Gasteiger partial charge >= 0.3 is 0 Å². The van der Waals surface area contributed by atoms with Crippen molar-refractivity contribution >= 4 is 16.9 Å². The van der Waals surface area contributed by atoms with Crippen molar-refractivity contribution in [1.29, 1.82) is 0 Å². The van der Waals surface area contributed by atoms with E-state index in [0.717, 1.165) is 27.8 Å². The van der Waals surface area contributed by atoms with E-state index in [9.17, 15) is 4.79 Å². The molecule has 2 N–H and O–H groups in total. The lowest BCUT2D eigenvalue weighted by molar-refractivity contribution is 0.0999. The number of hydrogen-bond donors (Lipinski definition) is 1. The number of amides is 1. The van der Waals surface area contributed by atoms with E-state index in [1.807, 2.05) is 49.4 Å². The lowest BCUT2D eigenvalue weighted by atomic mass is 10.0. The van der Waals surface area contributed by atoms with Crippen LogP contribution in [0.1, 0.15) is 15.9 Å². The molecule has 4 rings (SSSR count). The number of fused-ring (bicyclic) bond motifs is 1. The van der Waals surface area contributed by atoms with Gasteiger partial charge in [-0.25, -0.2) is 0 Å². The first-order chi connectivity index (χ1) is 12.6. The quantitative estimate of drug-likeness (QED) is 0.582. The molecule has 128 valence electrons. The van der Waals surface area contributed by atoms with Gasteiger partial charge in [0.15, 0.2) is 0 Å². The summed E-state index contributed by atoms with van der Waals surface area (Å²) in [5.41, 5.74) is 9.09. The molecule has 1 amide bonds. The third kappa shape index (κ3) is 3.02. The normalized spacial score (nSPS) is 10.8. The number of rotatable bonds is 4. The van der Waals surface area contributed by atoms with Crippen LogP contribution in [0.2, 0.25) is 0 Å². The second-order valence-electron chi connectivity index (χ2n) is 5.99. The molecule has 5 nitrogen and oxygen atoms in total. The van der Waals surface area contributed by atoms with Gasteiger partial charge < -0.3 is 14.9 Å². The zero-order valence-corrected chi connectivity index (χ0v) is 14.1. The highest BCUT2D eigenvalue weighted by Crippen LogP contribution is 2.29. The summed E-state index contributed by atoms with van der Waals surface area (Å²) in [6.07, 6.45) is 3.34. The Bertz CT molecular complexity index is 1120. The van der Waals surface area contributed by atoms with Gasteiger partial charge in [0, 0.05) is 34.8 Å². The fraction of sp³-hybridized carbons (Fsp3) is 0.0476. The van der Waals surface area contributed by atoms with Crippen LogP contribution in [0.3, 0.4) is 0 Å². The summed E-state index contributed by atoms with van der Waals surface area (Å²) in [5, 5.41) is 1.03. The number of aryl methyl sites for hydroxylation is 1. The van der Waals surface area contributed by atoms with E-state index >= 15 is 0 Å². The van der Waals surface area contributed by atoms with Crippen LogP contribution in [0.25, 0.3) is 22.2 Å². The molecule has 0 aliphatic rings. The van der Waals surface area contributed by atoms with E-state index in [-0.39, 0.29) is 0 Å². The highest BCUT2D eigenvalue weighted by molar-refractivity contribution is 5.94. The van der Waals surface area contributed by atoms with Gasteiger partial charge in [-0.15, -0.1) is 0 Å². The third-order valence-electron chi connectivity index (χ3n) is 4.18. The fourth-order valence-electron chi connectivity index (χ4n) is 2.87. The molecular formula is C21H16N2O3. The Morgan fingerprint density at radius 1 is 1.04 bits per heavy atom. The molecule has 0 unspecified atom stereocenters. The van der Waals surface area contributed by atoms with Crippen molar-refractivity contribution in [1.82, 2.24) is 4.98 Å². The van der Waals surface area contributed by atoms with Crippen molar-refractivity contribution < 1.29 is 13.9 Å². The van der Waals surface area contributed by atoms with Gasteiger partial charge in [0.1, 0.15) is 17.1 Å². The average Bonchev–Trinajstić information content (AvgIpc) is 3.09. The Kier molecular flexibility index (Phi) is 3.89. The second kappa shape index (κ2) is 6.37. The van der Waals surface area contributed by atoms with Gasteiger partial charge in [-0.3, -0.25) is 9.78 Å². The van der Waals surface area contributed by atoms with Crippen LogP contribution in [0.15, 0.2) is 71.5 Å². The van der Waals surface area contributed by atoms with E-state index in [2.05, 4.69) is 4.98 Å². The molecule has 0 spiro atoms. The predicted molar refractivity (Wildman–Crippen MR) is 99.2 cm³/mol. The molecule has 0 atom stereocenters. The van der Waals surface area contributed by atoms with Gasteiger partial charge in [0.05, 0.1) is 12.0 Å². The Labute approximate surface area is 150 Å². The number of benzene rings is 2. The molecule has 4 aromatic rings. The number of furan rings is 1. The minimum absolute atomic E-state index is 0.438. The second-order valence-corrected chi connectivity index (χ2v) is 5.99. The molecule has 0 saturated heterocycles. The van der Waals surface area contributed by atoms with Crippen LogP contribution >= 0.6 is 0 Å². The van der Waals surface area contributed by atoms with E-state index in [1.54, 1.807) is 24.6 Å². The molecule has 0 fully saturated rings. The zero-order valence-electron chi connectivity index (χ0n) is 14.1. The van der Waals surface area contributed by atoms with E-state index in [4.69, 9.17) is 14.9 Å². The minimum atomic E-state index is -0.438. The van der Waals surface area contributed by atoms with Crippen molar-refractivity contribution in [2.24, 2.45) is 5.73 Å². The number of nitrogens with zero attached hydrogens (tertiary/aromatic N) is 1. The molecule has 2 aromatic heterocycles. The first kappa shape index (κ1) is 15.9. The maximum Gasteiger partial charge on any atom is 0.248 e. The standard InChI is InChI=1S/C21H16N2O3/c1-13-10-15(3-5-18(13)21(22)24)19-11-17(6-8-23-19)26-16-4-2-14-7-9-25-20(14)12-16/h2-12H,1H3,(H2,22,24). The molecule has 0 aliphatic carbocycles. The molecule has 0 bridgehead atoms. The number of nitrogens with two attached hydrogens (primary N) is 1. The van der Waals surface area contributed by atoms with Crippen molar-refractivity contribution in [3.63, 3.8) is 0 Å². The lowest BCUT2D eigenvalue weighted by Crippen LogP contribution is -2.12. The average molecular weight is 344 g/mol. The summed E-state index contributed by atoms with van der Waals surface area (Å²) < 4.78 is 11.3. The molecule has 0 saturated carbocycles. The van der Waals surface area contributed by atoms with Gasteiger partial charge in [-0.1, -0.05) is 6.07 Å². The molecule has 26 heavy (non-hydrogen) atoms. The number of pyridine rings is 1. The van der Waals surface area contributed by atoms with Crippen molar-refractivity contribution in [3.05, 3.63) is 78.2 Å². The van der Waals surface area contributed by atoms with Crippen LogP contribution < -0.4 is 10.5 Å². The Balaban J connectivity index is 1.64. The van der Waals surface area contributed by atoms with Crippen molar-refractivity contribution in [2.45, 2.75) is 6.92 Å². The monoisotopic (exact) mass is 344 g/mol. The first-order valence-electron chi connectivity index (χ1n) is 8.12. The SMILES string of the molecule is Cc1cc(-c2cc(Oc3ccc4ccoc4c3)ccn2)ccc1C(N)=O. The molecule has 0 radical (unpaired) electrons. The summed E-state index contributed by atoms with van der Waals surface area (Å²) in [4.78, 5) is 15.8. The molecule has 5 heteroatoms. The third-order valence-corrected chi connectivity index (χ3v) is 4.18. The van der Waals surface area contributed by atoms with Gasteiger partial charge in [0.25, 0.3) is 0 Å². The summed E-state index contributed by atoms with van der Waals surface area (Å²) >= 11 is 0. The Morgan fingerprint density at radius 2 is 1.88 bits per heavy atom. The molecular weight excluding hydrogens is 328 g/mol. The van der Waals surface area contributed by atoms with Crippen LogP contribution in [0, 0.1) is 6.92 Å². The zero-order chi connectivity index (χ0) is 18.1. The number of carbonyl (C=O) groups is 1. The lowest BCUT2D eigenvalue weighted by Gasteiger charge is -2.09. The number of carbonyl (C=O) groups excluding carboxylic acids is 1. The minimum Gasteiger partial charge on any atom is -0.464 e. The molecule has 2 heterocycles. The van der Waals surface area contributed by atoms with E-state index in [0.29, 0.717) is 17.1 Å². The van der Waals surface area contributed by atoms with Gasteiger partial charge in [-0.05, 0) is 48.9 Å². The smallest absolute Gasteiger partial charge is 0.248 e. The predicted octanol–water partition coefficient (Wildman–Crippen LogP) is 4.69. The number of ether oxygens (including phenoxy) is 1. The van der Waals surface area contributed by atoms with E-state index in [1.165, 1.54) is 0 Å². The van der Waals surface area contributed by atoms with E-state index < -0.39 is 5.91 Å². The van der Waals surface area contributed by atoms with Gasteiger partial charge in [0.2, 0.25) is 5.91 Å². The highest BCUT2D eigenvalue weighted by Gasteiger charge is 2.09. The topological polar surface area (TPSA) is 78.3 Å². The summed E-state index contributed by atoms with van der Waals surface area (Å²) in [5.74, 6) is 0.912. The number of primary amides is 1. The number of hydrogen-bond acceptors (Lipinski definition) is 4.